The minimum absolute atomic E-state index is 0.0000926. The zero-order valence-corrected chi connectivity index (χ0v) is 14.4. The standard InChI is InChI=1S/C17H26N2OS/c1-11(2)15-17(20)19(10-13(4)21-5)16(18-15)14-8-6-12(3)7-9-14/h6-9,11,13,15-16,18H,10H2,1-5H3. The molecule has 1 N–H and O–H groups in total. The molecule has 1 amide bonds. The highest BCUT2D eigenvalue weighted by Gasteiger charge is 2.41. The number of amides is 1. The lowest BCUT2D eigenvalue weighted by Crippen LogP contribution is -2.36. The Morgan fingerprint density at radius 1 is 1.24 bits per heavy atom. The van der Waals surface area contributed by atoms with Crippen LogP contribution in [0.1, 0.15) is 38.1 Å². The molecule has 3 atom stereocenters. The van der Waals surface area contributed by atoms with Crippen molar-refractivity contribution in [3.63, 3.8) is 0 Å². The van der Waals surface area contributed by atoms with E-state index in [9.17, 15) is 4.79 Å². The Morgan fingerprint density at radius 2 is 1.86 bits per heavy atom. The predicted molar refractivity (Wildman–Crippen MR) is 90.4 cm³/mol. The monoisotopic (exact) mass is 306 g/mol. The lowest BCUT2D eigenvalue weighted by atomic mass is 10.0. The van der Waals surface area contributed by atoms with Gasteiger partial charge in [-0.15, -0.1) is 0 Å². The summed E-state index contributed by atoms with van der Waals surface area (Å²) in [6.07, 6.45) is 2.10. The Hall–Kier alpha value is -1.00. The smallest absolute Gasteiger partial charge is 0.241 e. The van der Waals surface area contributed by atoms with Gasteiger partial charge in [-0.2, -0.15) is 11.8 Å². The van der Waals surface area contributed by atoms with Crippen LogP contribution in [0.2, 0.25) is 0 Å². The maximum atomic E-state index is 12.7. The lowest BCUT2D eigenvalue weighted by Gasteiger charge is -2.27. The van der Waals surface area contributed by atoms with Crippen LogP contribution in [0.5, 0.6) is 0 Å². The third-order valence-electron chi connectivity index (χ3n) is 4.11. The number of thioether (sulfide) groups is 1. The molecule has 1 aliphatic heterocycles. The SMILES string of the molecule is CSC(C)CN1C(=O)C(C(C)C)NC1c1ccc(C)cc1. The van der Waals surface area contributed by atoms with Gasteiger partial charge >= 0.3 is 0 Å². The topological polar surface area (TPSA) is 32.3 Å². The first-order valence-corrected chi connectivity index (χ1v) is 8.88. The molecule has 1 aromatic carbocycles. The van der Waals surface area contributed by atoms with E-state index in [0.29, 0.717) is 11.2 Å². The van der Waals surface area contributed by atoms with E-state index < -0.39 is 0 Å². The molecule has 0 aliphatic carbocycles. The average Bonchev–Trinajstić information content (AvgIpc) is 2.77. The number of nitrogens with one attached hydrogen (secondary N) is 1. The summed E-state index contributed by atoms with van der Waals surface area (Å²) in [5.41, 5.74) is 2.41. The minimum Gasteiger partial charge on any atom is -0.320 e. The summed E-state index contributed by atoms with van der Waals surface area (Å²) in [5.74, 6) is 0.538. The van der Waals surface area contributed by atoms with Crippen molar-refractivity contribution in [2.24, 2.45) is 5.92 Å². The number of carbonyl (C=O) groups excluding carboxylic acids is 1. The Morgan fingerprint density at radius 3 is 2.38 bits per heavy atom. The van der Waals surface area contributed by atoms with Crippen molar-refractivity contribution in [1.29, 1.82) is 0 Å². The summed E-state index contributed by atoms with van der Waals surface area (Å²) >= 11 is 1.80. The van der Waals surface area contributed by atoms with Crippen LogP contribution in [0, 0.1) is 12.8 Å². The van der Waals surface area contributed by atoms with Crippen LogP contribution in [0.25, 0.3) is 0 Å². The fraction of sp³-hybridized carbons (Fsp3) is 0.588. The molecule has 0 radical (unpaired) electrons. The van der Waals surface area contributed by atoms with Gasteiger partial charge in [0.25, 0.3) is 0 Å². The van der Waals surface area contributed by atoms with E-state index in [1.165, 1.54) is 11.1 Å². The highest BCUT2D eigenvalue weighted by atomic mass is 32.2. The fourth-order valence-corrected chi connectivity index (χ4v) is 3.00. The quantitative estimate of drug-likeness (QED) is 0.906. The molecule has 0 spiro atoms. The van der Waals surface area contributed by atoms with Gasteiger partial charge < -0.3 is 4.90 Å². The lowest BCUT2D eigenvalue weighted by molar-refractivity contribution is -0.130. The zero-order valence-electron chi connectivity index (χ0n) is 13.6. The largest absolute Gasteiger partial charge is 0.320 e. The van der Waals surface area contributed by atoms with Crippen LogP contribution in [0.4, 0.5) is 0 Å². The van der Waals surface area contributed by atoms with Crippen molar-refractivity contribution in [2.45, 2.75) is 45.2 Å². The molecule has 4 heteroatoms. The van der Waals surface area contributed by atoms with Crippen molar-refractivity contribution in [3.8, 4) is 0 Å². The third kappa shape index (κ3) is 3.61. The van der Waals surface area contributed by atoms with Crippen molar-refractivity contribution < 1.29 is 4.79 Å². The highest BCUT2D eigenvalue weighted by Crippen LogP contribution is 2.29. The molecule has 3 unspecified atom stereocenters. The van der Waals surface area contributed by atoms with E-state index in [1.54, 1.807) is 11.8 Å². The number of hydrogen-bond donors (Lipinski definition) is 1. The molecular formula is C17H26N2OS. The summed E-state index contributed by atoms with van der Waals surface area (Å²) in [6.45, 7) is 9.25. The molecule has 116 valence electrons. The molecule has 1 fully saturated rings. The summed E-state index contributed by atoms with van der Waals surface area (Å²) in [7, 11) is 0. The first-order chi connectivity index (χ1) is 9.93. The van der Waals surface area contributed by atoms with Crippen LogP contribution in [-0.4, -0.2) is 34.9 Å². The Balaban J connectivity index is 2.27. The highest BCUT2D eigenvalue weighted by molar-refractivity contribution is 7.99. The van der Waals surface area contributed by atoms with Gasteiger partial charge in [-0.25, -0.2) is 0 Å². The van der Waals surface area contributed by atoms with Crippen LogP contribution in [-0.2, 0) is 4.79 Å². The molecule has 0 bridgehead atoms. The maximum Gasteiger partial charge on any atom is 0.241 e. The number of aryl methyl sites for hydroxylation is 1. The van der Waals surface area contributed by atoms with Crippen molar-refractivity contribution in [3.05, 3.63) is 35.4 Å². The minimum atomic E-state index is -0.0784. The van der Waals surface area contributed by atoms with Crippen molar-refractivity contribution in [1.82, 2.24) is 10.2 Å². The maximum absolute atomic E-state index is 12.7. The van der Waals surface area contributed by atoms with E-state index in [-0.39, 0.29) is 18.1 Å². The molecule has 1 heterocycles. The molecule has 0 saturated carbocycles. The van der Waals surface area contributed by atoms with Crippen LogP contribution in [0.3, 0.4) is 0 Å². The van der Waals surface area contributed by atoms with Gasteiger partial charge in [0.1, 0.15) is 6.17 Å². The van der Waals surface area contributed by atoms with E-state index in [0.717, 1.165) is 6.54 Å². The van der Waals surface area contributed by atoms with Gasteiger partial charge in [0, 0.05) is 11.8 Å². The second kappa shape index (κ2) is 6.84. The first-order valence-electron chi connectivity index (χ1n) is 7.60. The van der Waals surface area contributed by atoms with E-state index in [1.807, 2.05) is 4.90 Å². The van der Waals surface area contributed by atoms with Gasteiger partial charge in [-0.1, -0.05) is 50.6 Å². The van der Waals surface area contributed by atoms with Gasteiger partial charge in [-0.3, -0.25) is 10.1 Å². The summed E-state index contributed by atoms with van der Waals surface area (Å²) in [6, 6.07) is 8.39. The second-order valence-electron chi connectivity index (χ2n) is 6.24. The molecule has 0 aromatic heterocycles. The number of benzene rings is 1. The fourth-order valence-electron chi connectivity index (χ4n) is 2.69. The number of hydrogen-bond acceptors (Lipinski definition) is 3. The predicted octanol–water partition coefficient (Wildman–Crippen LogP) is 3.20. The number of rotatable bonds is 5. The van der Waals surface area contributed by atoms with Gasteiger partial charge in [0.15, 0.2) is 0 Å². The first kappa shape index (κ1) is 16.4. The molecule has 1 aliphatic rings. The normalized spacial score (nSPS) is 23.9. The van der Waals surface area contributed by atoms with Gasteiger partial charge in [0.05, 0.1) is 6.04 Å². The summed E-state index contributed by atoms with van der Waals surface area (Å²) < 4.78 is 0. The molecule has 3 nitrogen and oxygen atoms in total. The summed E-state index contributed by atoms with van der Waals surface area (Å²) in [4.78, 5) is 14.7. The third-order valence-corrected chi connectivity index (χ3v) is 5.07. The zero-order chi connectivity index (χ0) is 15.6. The number of nitrogens with zero attached hydrogens (tertiary/aromatic N) is 1. The molecule has 21 heavy (non-hydrogen) atoms. The van der Waals surface area contributed by atoms with Crippen molar-refractivity contribution in [2.75, 3.05) is 12.8 Å². The Kier molecular flexibility index (Phi) is 5.33. The van der Waals surface area contributed by atoms with Gasteiger partial charge in [0.2, 0.25) is 5.91 Å². The molecule has 2 rings (SSSR count). The summed E-state index contributed by atoms with van der Waals surface area (Å²) in [5, 5.41) is 3.96. The van der Waals surface area contributed by atoms with E-state index in [4.69, 9.17) is 0 Å². The molecule has 1 aromatic rings. The van der Waals surface area contributed by atoms with Crippen LogP contribution >= 0.6 is 11.8 Å². The second-order valence-corrected chi connectivity index (χ2v) is 7.51. The Bertz CT molecular complexity index is 486. The molecule has 1 saturated heterocycles. The van der Waals surface area contributed by atoms with Crippen molar-refractivity contribution >= 4 is 17.7 Å². The molecular weight excluding hydrogens is 280 g/mol. The van der Waals surface area contributed by atoms with Gasteiger partial charge in [-0.05, 0) is 24.7 Å². The average molecular weight is 306 g/mol. The number of carbonyl (C=O) groups is 1. The van der Waals surface area contributed by atoms with E-state index >= 15 is 0 Å². The van der Waals surface area contributed by atoms with Crippen LogP contribution in [0.15, 0.2) is 24.3 Å². The van der Waals surface area contributed by atoms with E-state index in [2.05, 4.69) is 63.5 Å². The Labute approximate surface area is 132 Å². The van der Waals surface area contributed by atoms with Crippen LogP contribution < -0.4 is 5.32 Å².